The van der Waals surface area contributed by atoms with Crippen molar-refractivity contribution in [3.8, 4) is 5.75 Å². The highest BCUT2D eigenvalue weighted by molar-refractivity contribution is 5.83. The molecule has 0 N–H and O–H groups in total. The molecule has 0 atom stereocenters. The number of rotatable bonds is 0. The molecule has 0 saturated heterocycles. The van der Waals surface area contributed by atoms with Gasteiger partial charge in [-0.25, -0.2) is 0 Å². The smallest absolute Gasteiger partial charge is 0.176 e. The van der Waals surface area contributed by atoms with Crippen molar-refractivity contribution in [3.63, 3.8) is 0 Å². The van der Waals surface area contributed by atoms with Gasteiger partial charge in [-0.05, 0) is 18.6 Å². The lowest BCUT2D eigenvalue weighted by molar-refractivity contribution is -0.121. The van der Waals surface area contributed by atoms with Gasteiger partial charge in [-0.1, -0.05) is 0 Å². The van der Waals surface area contributed by atoms with E-state index in [2.05, 4.69) is 4.98 Å². The number of ether oxygens (including phenoxy) is 1. The van der Waals surface area contributed by atoms with E-state index in [4.69, 9.17) is 4.74 Å². The standard InChI is InChI=1S/C9H9NO2/c1-6-2-9-8(10-4-6)3-7(11)5-12-9/h2,4H,3,5H2,1H3. The molecule has 0 saturated carbocycles. The van der Waals surface area contributed by atoms with Crippen molar-refractivity contribution in [2.24, 2.45) is 0 Å². The molecule has 0 aliphatic carbocycles. The van der Waals surface area contributed by atoms with Crippen LogP contribution >= 0.6 is 0 Å². The third kappa shape index (κ3) is 1.18. The van der Waals surface area contributed by atoms with Crippen LogP contribution in [0.3, 0.4) is 0 Å². The molecule has 2 heterocycles. The summed E-state index contributed by atoms with van der Waals surface area (Å²) < 4.78 is 5.20. The number of aryl methyl sites for hydroxylation is 1. The van der Waals surface area contributed by atoms with Crippen LogP contribution in [0.5, 0.6) is 5.75 Å². The Hall–Kier alpha value is -1.38. The number of carbonyl (C=O) groups excluding carboxylic acids is 1. The average molecular weight is 163 g/mol. The fourth-order valence-corrected chi connectivity index (χ4v) is 1.22. The maximum atomic E-state index is 10.9. The highest BCUT2D eigenvalue weighted by Gasteiger charge is 2.17. The lowest BCUT2D eigenvalue weighted by Gasteiger charge is -2.15. The molecule has 0 bridgehead atoms. The monoisotopic (exact) mass is 163 g/mol. The molecule has 12 heavy (non-hydrogen) atoms. The lowest BCUT2D eigenvalue weighted by atomic mass is 10.1. The molecule has 1 aliphatic rings. The SMILES string of the molecule is Cc1cnc2c(c1)OCC(=O)C2. The molecular formula is C9H9NO2. The van der Waals surface area contributed by atoms with Gasteiger partial charge in [0.25, 0.3) is 0 Å². The summed E-state index contributed by atoms with van der Waals surface area (Å²) in [6, 6.07) is 1.91. The van der Waals surface area contributed by atoms with E-state index in [1.165, 1.54) is 0 Å². The van der Waals surface area contributed by atoms with Crippen LogP contribution in [0.4, 0.5) is 0 Å². The van der Waals surface area contributed by atoms with Crippen LogP contribution in [0.15, 0.2) is 12.3 Å². The van der Waals surface area contributed by atoms with Gasteiger partial charge in [0.05, 0.1) is 12.1 Å². The second-order valence-corrected chi connectivity index (χ2v) is 2.96. The van der Waals surface area contributed by atoms with Crippen LogP contribution in [0, 0.1) is 6.92 Å². The van der Waals surface area contributed by atoms with Crippen molar-refractivity contribution in [1.82, 2.24) is 4.98 Å². The number of hydrogen-bond acceptors (Lipinski definition) is 3. The Bertz CT molecular complexity index is 333. The number of nitrogens with zero attached hydrogens (tertiary/aromatic N) is 1. The fourth-order valence-electron chi connectivity index (χ4n) is 1.22. The topological polar surface area (TPSA) is 39.2 Å². The molecule has 0 spiro atoms. The Kier molecular flexibility index (Phi) is 1.57. The van der Waals surface area contributed by atoms with Crippen molar-refractivity contribution in [2.45, 2.75) is 13.3 Å². The number of fused-ring (bicyclic) bond motifs is 1. The second-order valence-electron chi connectivity index (χ2n) is 2.96. The highest BCUT2D eigenvalue weighted by Crippen LogP contribution is 2.21. The van der Waals surface area contributed by atoms with Crippen LogP contribution in [-0.4, -0.2) is 17.4 Å². The van der Waals surface area contributed by atoms with E-state index in [9.17, 15) is 4.79 Å². The minimum absolute atomic E-state index is 0.0962. The van der Waals surface area contributed by atoms with Crippen LogP contribution in [0.1, 0.15) is 11.3 Å². The summed E-state index contributed by atoms with van der Waals surface area (Å²) in [6.07, 6.45) is 2.16. The van der Waals surface area contributed by atoms with Gasteiger partial charge in [-0.2, -0.15) is 0 Å². The molecule has 3 nitrogen and oxygen atoms in total. The zero-order valence-electron chi connectivity index (χ0n) is 6.83. The van der Waals surface area contributed by atoms with Crippen molar-refractivity contribution in [2.75, 3.05) is 6.61 Å². The van der Waals surface area contributed by atoms with Gasteiger partial charge < -0.3 is 4.74 Å². The molecule has 1 aromatic rings. The minimum Gasteiger partial charge on any atom is -0.484 e. The molecule has 0 unspecified atom stereocenters. The zero-order valence-corrected chi connectivity index (χ0v) is 6.83. The van der Waals surface area contributed by atoms with Gasteiger partial charge in [0.1, 0.15) is 12.4 Å². The van der Waals surface area contributed by atoms with Gasteiger partial charge in [0.15, 0.2) is 5.78 Å². The largest absolute Gasteiger partial charge is 0.484 e. The Morgan fingerprint density at radius 1 is 1.58 bits per heavy atom. The summed E-state index contributed by atoms with van der Waals surface area (Å²) in [7, 11) is 0. The molecule has 0 amide bonds. The fraction of sp³-hybridized carbons (Fsp3) is 0.333. The van der Waals surface area contributed by atoms with Gasteiger partial charge in [-0.15, -0.1) is 0 Å². The maximum Gasteiger partial charge on any atom is 0.176 e. The van der Waals surface area contributed by atoms with Crippen LogP contribution in [-0.2, 0) is 11.2 Å². The van der Waals surface area contributed by atoms with E-state index in [1.807, 2.05) is 13.0 Å². The van der Waals surface area contributed by atoms with Crippen molar-refractivity contribution >= 4 is 5.78 Å². The normalized spacial score (nSPS) is 15.2. The van der Waals surface area contributed by atoms with Gasteiger partial charge >= 0.3 is 0 Å². The zero-order chi connectivity index (χ0) is 8.55. The Labute approximate surface area is 70.4 Å². The number of aromatic nitrogens is 1. The molecule has 1 aliphatic heterocycles. The molecular weight excluding hydrogens is 154 g/mol. The van der Waals surface area contributed by atoms with E-state index >= 15 is 0 Å². The van der Waals surface area contributed by atoms with Gasteiger partial charge in [0.2, 0.25) is 0 Å². The first kappa shape index (κ1) is 7.28. The van der Waals surface area contributed by atoms with Gasteiger partial charge in [0, 0.05) is 6.20 Å². The first-order valence-electron chi connectivity index (χ1n) is 3.86. The van der Waals surface area contributed by atoms with E-state index in [-0.39, 0.29) is 12.4 Å². The molecule has 0 fully saturated rings. The summed E-state index contributed by atoms with van der Waals surface area (Å²) >= 11 is 0. The number of ketones is 1. The van der Waals surface area contributed by atoms with Crippen molar-refractivity contribution in [3.05, 3.63) is 23.5 Å². The lowest BCUT2D eigenvalue weighted by Crippen LogP contribution is -2.21. The molecule has 1 aromatic heterocycles. The summed E-state index contributed by atoms with van der Waals surface area (Å²) in [5, 5.41) is 0. The summed E-state index contributed by atoms with van der Waals surface area (Å²) in [4.78, 5) is 15.1. The van der Waals surface area contributed by atoms with Crippen molar-refractivity contribution < 1.29 is 9.53 Å². The highest BCUT2D eigenvalue weighted by atomic mass is 16.5. The third-order valence-corrected chi connectivity index (χ3v) is 1.82. The second kappa shape index (κ2) is 2.59. The predicted molar refractivity (Wildman–Crippen MR) is 43.2 cm³/mol. The quantitative estimate of drug-likeness (QED) is 0.570. The van der Waals surface area contributed by atoms with E-state index in [1.54, 1.807) is 6.20 Å². The van der Waals surface area contributed by atoms with Crippen LogP contribution in [0.25, 0.3) is 0 Å². The predicted octanol–water partition coefficient (Wildman–Crippen LogP) is 0.894. The number of Topliss-reactive ketones (excluding diaryl/α,β-unsaturated/α-hetero) is 1. The summed E-state index contributed by atoms with van der Waals surface area (Å²) in [6.45, 7) is 2.14. The molecule has 0 radical (unpaired) electrons. The summed E-state index contributed by atoms with van der Waals surface area (Å²) in [5.74, 6) is 0.855. The molecule has 3 heteroatoms. The Balaban J connectivity index is 2.43. The summed E-state index contributed by atoms with van der Waals surface area (Å²) in [5.41, 5.74) is 1.82. The third-order valence-electron chi connectivity index (χ3n) is 1.82. The number of pyridine rings is 1. The number of hydrogen-bond donors (Lipinski definition) is 0. The molecule has 62 valence electrons. The first-order valence-corrected chi connectivity index (χ1v) is 3.86. The Morgan fingerprint density at radius 2 is 2.42 bits per heavy atom. The van der Waals surface area contributed by atoms with Gasteiger partial charge in [-0.3, -0.25) is 9.78 Å². The maximum absolute atomic E-state index is 10.9. The van der Waals surface area contributed by atoms with E-state index in [0.717, 1.165) is 17.0 Å². The average Bonchev–Trinajstić information content (AvgIpc) is 2.05. The molecule has 0 aromatic carbocycles. The first-order chi connectivity index (χ1) is 5.75. The van der Waals surface area contributed by atoms with E-state index in [0.29, 0.717) is 6.42 Å². The minimum atomic E-state index is 0.0962. The number of carbonyl (C=O) groups is 1. The van der Waals surface area contributed by atoms with Crippen LogP contribution in [0.2, 0.25) is 0 Å². The van der Waals surface area contributed by atoms with Crippen molar-refractivity contribution in [1.29, 1.82) is 0 Å². The van der Waals surface area contributed by atoms with E-state index < -0.39 is 0 Å². The Morgan fingerprint density at radius 3 is 3.25 bits per heavy atom. The molecule has 2 rings (SSSR count). The van der Waals surface area contributed by atoms with Crippen LogP contribution < -0.4 is 4.74 Å².